The first kappa shape index (κ1) is 28.8. The van der Waals surface area contributed by atoms with Gasteiger partial charge in [-0.25, -0.2) is 8.78 Å². The number of benzene rings is 4. The minimum absolute atomic E-state index is 0.106. The van der Waals surface area contributed by atoms with Crippen molar-refractivity contribution in [2.45, 2.75) is 75.3 Å². The smallest absolute Gasteiger partial charge is 0.166 e. The first-order valence-corrected chi connectivity index (χ1v) is 17.4. The summed E-state index contributed by atoms with van der Waals surface area (Å²) in [6.45, 7) is 5.08. The third-order valence-electron chi connectivity index (χ3n) is 12.3. The van der Waals surface area contributed by atoms with Gasteiger partial charge in [0.05, 0.1) is 23.2 Å². The van der Waals surface area contributed by atoms with Gasteiger partial charge in [0.25, 0.3) is 0 Å². The second-order valence-electron chi connectivity index (χ2n) is 14.9. The van der Waals surface area contributed by atoms with Crippen LogP contribution in [0.3, 0.4) is 0 Å². The van der Waals surface area contributed by atoms with Gasteiger partial charge in [0.2, 0.25) is 0 Å². The molecule has 0 unspecified atom stereocenters. The summed E-state index contributed by atoms with van der Waals surface area (Å²) in [5, 5.41) is 12.6. The number of phenolic OH excluding ortho intramolecular Hbond substituents is 1. The summed E-state index contributed by atoms with van der Waals surface area (Å²) in [6, 6.07) is 24.0. The molecule has 2 aliphatic heterocycles. The van der Waals surface area contributed by atoms with E-state index in [1.807, 2.05) is 24.3 Å². The molecule has 1 saturated heterocycles. The molecule has 5 aliphatic rings. The van der Waals surface area contributed by atoms with Crippen LogP contribution in [0.2, 0.25) is 0 Å². The molecule has 5 aromatic rings. The minimum atomic E-state index is -0.656. The summed E-state index contributed by atoms with van der Waals surface area (Å²) < 4.78 is 45.1. The van der Waals surface area contributed by atoms with Crippen LogP contribution in [-0.4, -0.2) is 39.3 Å². The topological polar surface area (TPSA) is 46.9 Å². The van der Waals surface area contributed by atoms with Crippen LogP contribution in [0.4, 0.5) is 8.78 Å². The van der Waals surface area contributed by atoms with E-state index in [1.165, 1.54) is 59.2 Å². The van der Waals surface area contributed by atoms with E-state index in [0.717, 1.165) is 59.8 Å². The lowest BCUT2D eigenvalue weighted by molar-refractivity contribution is -0.211. The van der Waals surface area contributed by atoms with Crippen LogP contribution < -0.4 is 4.74 Å². The Hall–Kier alpha value is -4.20. The van der Waals surface area contributed by atoms with Crippen LogP contribution in [-0.2, 0) is 36.1 Å². The molecule has 4 aromatic carbocycles. The maximum absolute atomic E-state index is 14.0. The van der Waals surface area contributed by atoms with Crippen molar-refractivity contribution in [3.05, 3.63) is 130 Å². The fraction of sp³-hybridized carbons (Fsp3) is 0.366. The van der Waals surface area contributed by atoms with Crippen molar-refractivity contribution in [3.63, 3.8) is 0 Å². The second-order valence-corrected chi connectivity index (χ2v) is 14.9. The van der Waals surface area contributed by atoms with Gasteiger partial charge >= 0.3 is 0 Å². The van der Waals surface area contributed by atoms with Crippen LogP contribution in [0.15, 0.2) is 78.9 Å². The first-order chi connectivity index (χ1) is 23.4. The van der Waals surface area contributed by atoms with Crippen LogP contribution in [0, 0.1) is 24.5 Å². The maximum Gasteiger partial charge on any atom is 0.166 e. The van der Waals surface area contributed by atoms with Gasteiger partial charge in [-0.1, -0.05) is 48.5 Å². The van der Waals surface area contributed by atoms with Crippen molar-refractivity contribution in [3.8, 4) is 11.5 Å². The number of likely N-dealkylation sites (tertiary alicyclic amines) is 1. The molecule has 244 valence electrons. The molecule has 0 radical (unpaired) electrons. The van der Waals surface area contributed by atoms with E-state index in [2.05, 4.69) is 40.7 Å². The van der Waals surface area contributed by atoms with Gasteiger partial charge in [-0.3, -0.25) is 4.90 Å². The van der Waals surface area contributed by atoms with Crippen molar-refractivity contribution in [1.29, 1.82) is 0 Å². The molecule has 48 heavy (non-hydrogen) atoms. The van der Waals surface area contributed by atoms with Crippen LogP contribution in [0.25, 0.3) is 10.9 Å². The highest BCUT2D eigenvalue weighted by Gasteiger charge is 2.74. The number of rotatable bonds is 7. The number of para-hydroxylation sites is 1. The quantitative estimate of drug-likeness (QED) is 0.196. The Labute approximate surface area is 278 Å². The molecule has 3 aliphatic carbocycles. The number of aromatic hydroxyl groups is 1. The Morgan fingerprint density at radius 2 is 1.69 bits per heavy atom. The van der Waals surface area contributed by atoms with Gasteiger partial charge in [0, 0.05) is 36.5 Å². The van der Waals surface area contributed by atoms with Crippen molar-refractivity contribution in [2.24, 2.45) is 5.92 Å². The third-order valence-corrected chi connectivity index (χ3v) is 12.3. The van der Waals surface area contributed by atoms with Gasteiger partial charge < -0.3 is 19.1 Å². The number of halogens is 2. The van der Waals surface area contributed by atoms with Gasteiger partial charge in [0.1, 0.15) is 17.2 Å². The predicted molar refractivity (Wildman–Crippen MR) is 179 cm³/mol. The largest absolute Gasteiger partial charge is 0.504 e. The second kappa shape index (κ2) is 10.2. The zero-order chi connectivity index (χ0) is 32.4. The van der Waals surface area contributed by atoms with Crippen molar-refractivity contribution < 1.29 is 23.4 Å². The van der Waals surface area contributed by atoms with Crippen molar-refractivity contribution >= 4 is 10.9 Å². The summed E-state index contributed by atoms with van der Waals surface area (Å²) >= 11 is 0. The predicted octanol–water partition coefficient (Wildman–Crippen LogP) is 7.91. The van der Waals surface area contributed by atoms with E-state index in [0.29, 0.717) is 25.3 Å². The molecule has 2 fully saturated rings. The van der Waals surface area contributed by atoms with E-state index < -0.39 is 17.1 Å². The Balaban J connectivity index is 1.24. The molecule has 4 atom stereocenters. The molecule has 0 amide bonds. The number of aryl methyl sites for hydroxylation is 1. The van der Waals surface area contributed by atoms with E-state index in [9.17, 15) is 13.9 Å². The molecular formula is C41H38F2N2O3. The van der Waals surface area contributed by atoms with E-state index in [-0.39, 0.29) is 23.4 Å². The fourth-order valence-electron chi connectivity index (χ4n) is 10.1. The van der Waals surface area contributed by atoms with Gasteiger partial charge in [-0.15, -0.1) is 0 Å². The summed E-state index contributed by atoms with van der Waals surface area (Å²) in [7, 11) is 0. The molecule has 10 rings (SSSR count). The minimum Gasteiger partial charge on any atom is -0.504 e. The number of ether oxygens (including phenoxy) is 2. The Bertz CT molecular complexity index is 2100. The SMILES string of the molecule is Cc1cccc2c3c(n(Cc4ccc(F)cc4)c12)[C@@H]1Oc2c(O)ccc4c2[C@@]12CCN(CC1CC1)[C@H](C4)[C@]2(OCc1ccc(F)cc1)C3. The molecule has 1 spiro atoms. The molecule has 1 saturated carbocycles. The monoisotopic (exact) mass is 644 g/mol. The highest BCUT2D eigenvalue weighted by Crippen LogP contribution is 2.70. The average Bonchev–Trinajstić information content (AvgIpc) is 3.76. The van der Waals surface area contributed by atoms with E-state index in [1.54, 1.807) is 6.07 Å². The normalized spacial score (nSPS) is 26.7. The van der Waals surface area contributed by atoms with Crippen LogP contribution in [0.1, 0.15) is 64.4 Å². The number of fused-ring (bicyclic) bond motifs is 4. The lowest BCUT2D eigenvalue weighted by Gasteiger charge is -2.64. The van der Waals surface area contributed by atoms with Crippen LogP contribution in [0.5, 0.6) is 11.5 Å². The van der Waals surface area contributed by atoms with Gasteiger partial charge in [-0.05, 0) is 103 Å². The molecule has 2 bridgehead atoms. The number of hydrogen-bond acceptors (Lipinski definition) is 4. The summed E-state index contributed by atoms with van der Waals surface area (Å²) in [6.07, 6.45) is 4.51. The van der Waals surface area contributed by atoms with Gasteiger partial charge in [0.15, 0.2) is 17.6 Å². The molecule has 5 nitrogen and oxygen atoms in total. The maximum atomic E-state index is 14.0. The van der Waals surface area contributed by atoms with Crippen molar-refractivity contribution in [2.75, 3.05) is 13.1 Å². The lowest BCUT2D eigenvalue weighted by Crippen LogP contribution is -2.75. The Morgan fingerprint density at radius 3 is 2.44 bits per heavy atom. The zero-order valence-electron chi connectivity index (χ0n) is 27.0. The third kappa shape index (κ3) is 3.89. The Kier molecular flexibility index (Phi) is 6.09. The zero-order valence-corrected chi connectivity index (χ0v) is 27.0. The van der Waals surface area contributed by atoms with Gasteiger partial charge in [-0.2, -0.15) is 0 Å². The lowest BCUT2D eigenvalue weighted by atomic mass is 9.48. The number of nitrogens with zero attached hydrogens (tertiary/aromatic N) is 2. The Morgan fingerprint density at radius 1 is 0.938 bits per heavy atom. The van der Waals surface area contributed by atoms with E-state index in [4.69, 9.17) is 9.47 Å². The summed E-state index contributed by atoms with van der Waals surface area (Å²) in [5.41, 5.74) is 7.77. The molecule has 1 aromatic heterocycles. The van der Waals surface area contributed by atoms with E-state index >= 15 is 0 Å². The highest BCUT2D eigenvalue weighted by molar-refractivity contribution is 5.90. The highest BCUT2D eigenvalue weighted by atomic mass is 19.1. The summed E-state index contributed by atoms with van der Waals surface area (Å²) in [4.78, 5) is 2.70. The van der Waals surface area contributed by atoms with Crippen molar-refractivity contribution in [1.82, 2.24) is 9.47 Å². The summed E-state index contributed by atoms with van der Waals surface area (Å²) in [5.74, 6) is 0.970. The molecule has 1 N–H and O–H groups in total. The molecule has 7 heteroatoms. The number of phenols is 1. The standard InChI is InChI=1S/C41H38F2N2O3/c1-24-3-2-4-31-32-20-41(47-23-27-9-14-30(43)15-10-27)34-19-28-11-16-33(46)38-35(28)40(41,17-18-44(34)21-25-5-6-25)39(48-38)37(32)45(36(24)31)22-26-7-12-29(42)13-8-26/h2-4,7-16,25,34,39,46H,5-6,17-23H2,1H3/t34-,39+,40+,41-/m1/s1. The molecular weight excluding hydrogens is 606 g/mol. The fourth-order valence-corrected chi connectivity index (χ4v) is 10.1. The van der Waals surface area contributed by atoms with Crippen LogP contribution >= 0.6 is 0 Å². The average molecular weight is 645 g/mol. The number of piperidine rings is 1. The molecule has 3 heterocycles. The first-order valence-electron chi connectivity index (χ1n) is 17.4. The number of hydrogen-bond donors (Lipinski definition) is 1. The number of aromatic nitrogens is 1.